The number of para-hydroxylation sites is 3. The smallest absolute Gasteiger partial charge is 0.327 e. The summed E-state index contributed by atoms with van der Waals surface area (Å²) in [6, 6.07) is 63.3. The van der Waals surface area contributed by atoms with E-state index in [1.165, 1.54) is 0 Å². The van der Waals surface area contributed by atoms with Crippen molar-refractivity contribution >= 4 is 64.4 Å². The van der Waals surface area contributed by atoms with Crippen LogP contribution in [0.15, 0.2) is 219 Å². The van der Waals surface area contributed by atoms with Gasteiger partial charge >= 0.3 is 18.1 Å². The number of aromatic nitrogens is 9. The van der Waals surface area contributed by atoms with E-state index in [0.29, 0.717) is 79.5 Å². The van der Waals surface area contributed by atoms with Gasteiger partial charge in [0.25, 0.3) is 0 Å². The Kier molecular flexibility index (Phi) is 18.8. The summed E-state index contributed by atoms with van der Waals surface area (Å²) in [6.45, 7) is 8.57. The molecule has 0 saturated heterocycles. The lowest BCUT2D eigenvalue weighted by atomic mass is 10.1. The van der Waals surface area contributed by atoms with E-state index in [1.54, 1.807) is 40.4 Å². The number of urea groups is 3. The molecule has 0 spiro atoms. The Balaban J connectivity index is 0.000000130. The van der Waals surface area contributed by atoms with Crippen LogP contribution in [0.25, 0.3) is 50.8 Å². The largest absolute Gasteiger partial charge is 0.497 e. The molecule has 9 heterocycles. The first-order chi connectivity index (χ1) is 46.9. The molecule has 3 aliphatic heterocycles. The van der Waals surface area contributed by atoms with Crippen LogP contribution in [0.2, 0.25) is 10.0 Å². The third kappa shape index (κ3) is 13.4. The molecule has 0 aliphatic carbocycles. The molecular formula is C75H67Cl2N15O4. The maximum Gasteiger partial charge on any atom is 0.327 e. The molecule has 0 bridgehead atoms. The van der Waals surface area contributed by atoms with Crippen molar-refractivity contribution in [3.05, 3.63) is 274 Å². The Hall–Kier alpha value is -11.4. The quantitative estimate of drug-likeness (QED) is 0.125. The highest BCUT2D eigenvalue weighted by Crippen LogP contribution is 2.40. The minimum absolute atomic E-state index is 0.182. The molecule has 0 radical (unpaired) electrons. The standard InChI is InChI=1S/C26H24ClN5O2.C25H22ClN5O.C24H21N5O/c1-17-22-13-15-31(26(33)29-16-18-5-7-19(27)8-6-18)25-23(4-3-14-28-25)24(22)30-32(17)20-9-11-21(34-2)12-10-20;1-17-21-13-15-30(25(32)28-16-18-9-11-19(26)12-10-18)24-22(8-5-14-27-24)23(21)29-31(17)20-6-3-2-4-7-20;1-17-20-14-16-28(24(30)26-18-9-4-2-5-10-18)23-21(13-8-15-25-23)22(20)27-29(17)19-11-6-3-7-12-19/h3-12,14H,13,15-16H2,1-2H3,(H,29,33);2-12,14H,13,15-16H2,1H3,(H,28,32);2-13,15H,14,16H2,1H3,(H,26,30). The predicted octanol–water partition coefficient (Wildman–Crippen LogP) is 15.2. The van der Waals surface area contributed by atoms with E-state index in [0.717, 1.165) is 107 Å². The highest BCUT2D eigenvalue weighted by atomic mass is 35.5. The summed E-state index contributed by atoms with van der Waals surface area (Å²) in [7, 11) is 1.65. The van der Waals surface area contributed by atoms with Gasteiger partial charge in [0.2, 0.25) is 0 Å². The van der Waals surface area contributed by atoms with Crippen LogP contribution in [0.3, 0.4) is 0 Å². The summed E-state index contributed by atoms with van der Waals surface area (Å²) in [6.07, 6.45) is 7.20. The Bertz CT molecular complexity index is 4760. The molecule has 19 nitrogen and oxygen atoms in total. The second-order valence-corrected chi connectivity index (χ2v) is 23.9. The first kappa shape index (κ1) is 63.4. The minimum Gasteiger partial charge on any atom is -0.497 e. The lowest BCUT2D eigenvalue weighted by molar-refractivity contribution is 0.245. The summed E-state index contributed by atoms with van der Waals surface area (Å²) in [5.74, 6) is 2.65. The summed E-state index contributed by atoms with van der Waals surface area (Å²) >= 11 is 11.9. The van der Waals surface area contributed by atoms with E-state index >= 15 is 0 Å². The number of nitrogens with one attached hydrogen (secondary N) is 3. The Morgan fingerprint density at radius 3 is 1.12 bits per heavy atom. The van der Waals surface area contributed by atoms with Crippen molar-refractivity contribution in [3.63, 3.8) is 0 Å². The number of methoxy groups -OCH3 is 1. The summed E-state index contributed by atoms with van der Waals surface area (Å²) in [4.78, 5) is 58.2. The number of ether oxygens (including phenoxy) is 1. The Morgan fingerprint density at radius 1 is 0.417 bits per heavy atom. The lowest BCUT2D eigenvalue weighted by Crippen LogP contribution is -2.41. The molecule has 15 rings (SSSR count). The number of benzene rings is 6. The number of rotatable bonds is 9. The fraction of sp³-hybridized carbons (Fsp3) is 0.160. The number of carbonyl (C=O) groups is 3. The van der Waals surface area contributed by atoms with Crippen molar-refractivity contribution in [2.45, 2.75) is 53.1 Å². The number of carbonyl (C=O) groups excluding carboxylic acids is 3. The summed E-state index contributed by atoms with van der Waals surface area (Å²) in [5, 5.41) is 25.1. The number of hydrogen-bond acceptors (Lipinski definition) is 10. The van der Waals surface area contributed by atoms with Gasteiger partial charge in [0, 0.05) is 118 Å². The number of halogens is 2. The Labute approximate surface area is 565 Å². The van der Waals surface area contributed by atoms with E-state index in [4.69, 9.17) is 43.2 Å². The average Bonchev–Trinajstić information content (AvgIpc) is 1.63. The molecule has 6 aromatic heterocycles. The fourth-order valence-electron chi connectivity index (χ4n) is 12.2. The van der Waals surface area contributed by atoms with Crippen molar-refractivity contribution < 1.29 is 19.1 Å². The molecule has 6 amide bonds. The first-order valence-electron chi connectivity index (χ1n) is 31.5. The molecule has 3 N–H and O–H groups in total. The van der Waals surface area contributed by atoms with E-state index in [1.807, 2.05) is 214 Å². The third-order valence-electron chi connectivity index (χ3n) is 17.2. The van der Waals surface area contributed by atoms with Gasteiger partial charge in [0.15, 0.2) is 0 Å². The summed E-state index contributed by atoms with van der Waals surface area (Å²) in [5.41, 5.74) is 17.5. The van der Waals surface area contributed by atoms with Crippen LogP contribution < -0.4 is 35.4 Å². The topological polar surface area (TPSA) is 198 Å². The zero-order chi connectivity index (χ0) is 66.2. The number of fused-ring (bicyclic) bond motifs is 9. The molecule has 96 heavy (non-hydrogen) atoms. The van der Waals surface area contributed by atoms with Crippen LogP contribution in [-0.2, 0) is 32.4 Å². The van der Waals surface area contributed by atoms with Gasteiger partial charge in [-0.15, -0.1) is 0 Å². The van der Waals surface area contributed by atoms with Gasteiger partial charge in [-0.05, 0) is 172 Å². The maximum atomic E-state index is 13.2. The number of anilines is 4. The van der Waals surface area contributed by atoms with Gasteiger partial charge in [-0.1, -0.05) is 102 Å². The van der Waals surface area contributed by atoms with E-state index in [2.05, 4.69) is 51.7 Å². The van der Waals surface area contributed by atoms with Gasteiger partial charge in [-0.3, -0.25) is 14.7 Å². The van der Waals surface area contributed by atoms with Crippen LogP contribution in [-0.4, -0.2) is 89.1 Å². The van der Waals surface area contributed by atoms with E-state index < -0.39 is 0 Å². The predicted molar refractivity (Wildman–Crippen MR) is 377 cm³/mol. The molecular weight excluding hydrogens is 1250 g/mol. The number of nitrogens with zero attached hydrogens (tertiary/aromatic N) is 12. The van der Waals surface area contributed by atoms with Gasteiger partial charge < -0.3 is 20.7 Å². The molecule has 480 valence electrons. The molecule has 0 unspecified atom stereocenters. The van der Waals surface area contributed by atoms with Crippen LogP contribution in [0, 0.1) is 20.8 Å². The normalized spacial score (nSPS) is 12.6. The average molecular weight is 1310 g/mol. The lowest BCUT2D eigenvalue weighted by Gasteiger charge is -2.22. The molecule has 12 aromatic rings. The SMILES string of the molecule is COc1ccc(-n2nc3c(c2C)CCN(C(=O)NCc2ccc(Cl)cc2)c2ncccc2-3)cc1.Cc1c2c(nn1-c1ccccc1)-c1cccnc1N(C(=O)NCc1ccc(Cl)cc1)CC2.Cc1c2c(nn1-c1ccccc1)-c1cccnc1N(C(=O)Nc1ccccc1)CC2. The highest BCUT2D eigenvalue weighted by Gasteiger charge is 2.33. The molecule has 21 heteroatoms. The number of amides is 6. The van der Waals surface area contributed by atoms with Crippen LogP contribution in [0.4, 0.5) is 37.5 Å². The molecule has 0 fully saturated rings. The van der Waals surface area contributed by atoms with Gasteiger partial charge in [0.05, 0.1) is 41.3 Å². The van der Waals surface area contributed by atoms with Crippen LogP contribution in [0.5, 0.6) is 5.75 Å². The second-order valence-electron chi connectivity index (χ2n) is 23.0. The van der Waals surface area contributed by atoms with Crippen molar-refractivity contribution in [1.29, 1.82) is 0 Å². The summed E-state index contributed by atoms with van der Waals surface area (Å²) < 4.78 is 11.2. The fourth-order valence-corrected chi connectivity index (χ4v) is 12.5. The van der Waals surface area contributed by atoms with Crippen molar-refractivity contribution in [2.75, 3.05) is 46.8 Å². The number of pyridine rings is 3. The van der Waals surface area contributed by atoms with Crippen LogP contribution in [0.1, 0.15) is 44.9 Å². The van der Waals surface area contributed by atoms with E-state index in [9.17, 15) is 14.4 Å². The molecule has 0 atom stereocenters. The zero-order valence-corrected chi connectivity index (χ0v) is 54.7. The monoisotopic (exact) mass is 1310 g/mol. The molecule has 3 aliphatic rings. The van der Waals surface area contributed by atoms with Crippen LogP contribution >= 0.6 is 23.2 Å². The van der Waals surface area contributed by atoms with E-state index in [-0.39, 0.29) is 18.1 Å². The molecule has 0 saturated carbocycles. The minimum atomic E-state index is -0.195. The second kappa shape index (κ2) is 28.4. The zero-order valence-electron chi connectivity index (χ0n) is 53.2. The maximum absolute atomic E-state index is 13.2. The van der Waals surface area contributed by atoms with Gasteiger partial charge in [-0.2, -0.15) is 15.3 Å². The van der Waals surface area contributed by atoms with Gasteiger partial charge in [0.1, 0.15) is 23.2 Å². The Morgan fingerprint density at radius 2 is 0.760 bits per heavy atom. The first-order valence-corrected chi connectivity index (χ1v) is 32.2. The third-order valence-corrected chi connectivity index (χ3v) is 17.7. The van der Waals surface area contributed by atoms with Crippen molar-refractivity contribution in [2.24, 2.45) is 0 Å². The number of hydrogen-bond donors (Lipinski definition) is 3. The molecule has 6 aromatic carbocycles. The van der Waals surface area contributed by atoms with Crippen molar-refractivity contribution in [3.8, 4) is 56.6 Å². The van der Waals surface area contributed by atoms with Crippen molar-refractivity contribution in [1.82, 2.24) is 54.9 Å². The highest BCUT2D eigenvalue weighted by molar-refractivity contribution is 6.30. The van der Waals surface area contributed by atoms with Gasteiger partial charge in [-0.25, -0.2) is 43.4 Å².